The van der Waals surface area contributed by atoms with E-state index in [9.17, 15) is 9.90 Å². The smallest absolute Gasteiger partial charge is 0.268 e. The van der Waals surface area contributed by atoms with E-state index in [1.54, 1.807) is 23.1 Å². The maximum absolute atomic E-state index is 12.8. The molecule has 0 aromatic heterocycles. The van der Waals surface area contributed by atoms with E-state index in [1.807, 2.05) is 38.1 Å². The Morgan fingerprint density at radius 1 is 1.22 bits per heavy atom. The Labute approximate surface area is 136 Å². The average molecular weight is 311 g/mol. The zero-order valence-corrected chi connectivity index (χ0v) is 13.5. The maximum Gasteiger partial charge on any atom is 0.268 e. The summed E-state index contributed by atoms with van der Waals surface area (Å²) in [6.07, 6.45) is 0.865. The molecule has 23 heavy (non-hydrogen) atoms. The number of benzene rings is 2. The van der Waals surface area contributed by atoms with Crippen LogP contribution in [0, 0.1) is 6.92 Å². The van der Waals surface area contributed by atoms with Gasteiger partial charge in [-0.05, 0) is 36.6 Å². The summed E-state index contributed by atoms with van der Waals surface area (Å²) in [7, 11) is 0. The van der Waals surface area contributed by atoms with E-state index in [0.29, 0.717) is 24.4 Å². The monoisotopic (exact) mass is 311 g/mol. The molecule has 0 aliphatic carbocycles. The molecule has 120 valence electrons. The minimum absolute atomic E-state index is 0.0480. The van der Waals surface area contributed by atoms with E-state index in [4.69, 9.17) is 4.74 Å². The number of aryl methyl sites for hydroxylation is 1. The van der Waals surface area contributed by atoms with Gasteiger partial charge in [0, 0.05) is 19.0 Å². The molecule has 1 amide bonds. The largest absolute Gasteiger partial charge is 0.508 e. The molecule has 0 fully saturated rings. The van der Waals surface area contributed by atoms with Gasteiger partial charge >= 0.3 is 0 Å². The summed E-state index contributed by atoms with van der Waals surface area (Å²) in [4.78, 5) is 14.5. The van der Waals surface area contributed by atoms with Gasteiger partial charge in [0.15, 0.2) is 6.10 Å². The molecular weight excluding hydrogens is 290 g/mol. The predicted octanol–water partition coefficient (Wildman–Crippen LogP) is 3.45. The molecule has 1 atom stereocenters. The molecule has 0 saturated carbocycles. The molecule has 1 aliphatic rings. The van der Waals surface area contributed by atoms with Crippen LogP contribution in [0.5, 0.6) is 11.5 Å². The average Bonchev–Trinajstić information content (AvgIpc) is 2.54. The molecule has 4 heteroatoms. The van der Waals surface area contributed by atoms with Crippen LogP contribution in [0.4, 0.5) is 5.69 Å². The molecule has 4 nitrogen and oxygen atoms in total. The first-order valence-corrected chi connectivity index (χ1v) is 7.95. The summed E-state index contributed by atoms with van der Waals surface area (Å²) >= 11 is 0. The highest BCUT2D eigenvalue weighted by Crippen LogP contribution is 2.37. The van der Waals surface area contributed by atoms with Crippen molar-refractivity contribution in [3.63, 3.8) is 0 Å². The van der Waals surface area contributed by atoms with Crippen molar-refractivity contribution in [1.29, 1.82) is 0 Å². The number of hydrogen-bond donors (Lipinski definition) is 1. The zero-order valence-electron chi connectivity index (χ0n) is 13.5. The zero-order chi connectivity index (χ0) is 16.4. The Balaban J connectivity index is 1.93. The van der Waals surface area contributed by atoms with E-state index in [2.05, 4.69) is 0 Å². The summed E-state index contributed by atoms with van der Waals surface area (Å²) in [5, 5.41) is 9.70. The molecule has 3 rings (SSSR count). The van der Waals surface area contributed by atoms with Crippen LogP contribution in [0.2, 0.25) is 0 Å². The number of anilines is 1. The first-order valence-electron chi connectivity index (χ1n) is 7.95. The number of carbonyl (C=O) groups is 1. The Hall–Kier alpha value is -2.49. The van der Waals surface area contributed by atoms with Crippen molar-refractivity contribution in [1.82, 2.24) is 0 Å². The van der Waals surface area contributed by atoms with E-state index in [-0.39, 0.29) is 11.7 Å². The standard InChI is InChI=1S/C19H21NO3/c1-3-10-20-16-12-15(21)8-9-17(16)23-18(19(20)22)11-14-7-5-4-6-13(14)2/h4-9,12,18,21H,3,10-11H2,1-2H3. The van der Waals surface area contributed by atoms with E-state index in [1.165, 1.54) is 0 Å². The van der Waals surface area contributed by atoms with Crippen LogP contribution in [0.3, 0.4) is 0 Å². The van der Waals surface area contributed by atoms with Crippen LogP contribution in [0.15, 0.2) is 42.5 Å². The molecule has 1 N–H and O–H groups in total. The molecule has 0 radical (unpaired) electrons. The van der Waals surface area contributed by atoms with Gasteiger partial charge in [0.25, 0.3) is 5.91 Å². The predicted molar refractivity (Wildman–Crippen MR) is 90.0 cm³/mol. The summed E-state index contributed by atoms with van der Waals surface area (Å²) in [5.41, 5.74) is 2.92. The lowest BCUT2D eigenvalue weighted by Gasteiger charge is -2.34. The van der Waals surface area contributed by atoms with Gasteiger partial charge in [-0.15, -0.1) is 0 Å². The fourth-order valence-electron chi connectivity index (χ4n) is 2.93. The molecule has 0 spiro atoms. The number of aromatic hydroxyl groups is 1. The summed E-state index contributed by atoms with van der Waals surface area (Å²) in [6, 6.07) is 12.9. The molecule has 0 bridgehead atoms. The fourth-order valence-corrected chi connectivity index (χ4v) is 2.93. The van der Waals surface area contributed by atoms with Crippen molar-refractivity contribution in [2.45, 2.75) is 32.8 Å². The Kier molecular flexibility index (Phi) is 4.24. The Bertz CT molecular complexity index is 726. The third kappa shape index (κ3) is 3.02. The van der Waals surface area contributed by atoms with Gasteiger partial charge in [-0.2, -0.15) is 0 Å². The maximum atomic E-state index is 12.8. The summed E-state index contributed by atoms with van der Waals surface area (Å²) < 4.78 is 5.93. The highest BCUT2D eigenvalue weighted by molar-refractivity contribution is 6.00. The van der Waals surface area contributed by atoms with Gasteiger partial charge in [-0.1, -0.05) is 31.2 Å². The minimum Gasteiger partial charge on any atom is -0.508 e. The molecule has 2 aromatic carbocycles. The van der Waals surface area contributed by atoms with E-state index in [0.717, 1.165) is 17.5 Å². The molecule has 1 heterocycles. The second-order valence-corrected chi connectivity index (χ2v) is 5.88. The van der Waals surface area contributed by atoms with Gasteiger partial charge in [0.2, 0.25) is 0 Å². The SMILES string of the molecule is CCCN1C(=O)C(Cc2ccccc2C)Oc2ccc(O)cc21. The minimum atomic E-state index is -0.528. The van der Waals surface area contributed by atoms with Crippen LogP contribution in [-0.4, -0.2) is 23.7 Å². The van der Waals surface area contributed by atoms with Crippen molar-refractivity contribution in [2.75, 3.05) is 11.4 Å². The lowest BCUT2D eigenvalue weighted by atomic mass is 10.0. The number of carbonyl (C=O) groups excluding carboxylic acids is 1. The number of phenols is 1. The van der Waals surface area contributed by atoms with Crippen LogP contribution in [0.1, 0.15) is 24.5 Å². The molecule has 2 aromatic rings. The highest BCUT2D eigenvalue weighted by atomic mass is 16.5. The fraction of sp³-hybridized carbons (Fsp3) is 0.316. The molecule has 1 unspecified atom stereocenters. The summed E-state index contributed by atoms with van der Waals surface area (Å²) in [6.45, 7) is 4.68. The van der Waals surface area contributed by atoms with Crippen LogP contribution in [-0.2, 0) is 11.2 Å². The number of ether oxygens (including phenoxy) is 1. The number of nitrogens with zero attached hydrogens (tertiary/aromatic N) is 1. The normalized spacial score (nSPS) is 16.9. The van der Waals surface area contributed by atoms with E-state index >= 15 is 0 Å². The first kappa shape index (κ1) is 15.4. The van der Waals surface area contributed by atoms with Gasteiger partial charge < -0.3 is 14.7 Å². The second kappa shape index (κ2) is 6.32. The van der Waals surface area contributed by atoms with Crippen LogP contribution in [0.25, 0.3) is 0 Å². The quantitative estimate of drug-likeness (QED) is 0.941. The van der Waals surface area contributed by atoms with Crippen molar-refractivity contribution in [2.24, 2.45) is 0 Å². The van der Waals surface area contributed by atoms with Gasteiger partial charge in [0.05, 0.1) is 5.69 Å². The van der Waals surface area contributed by atoms with E-state index < -0.39 is 6.10 Å². The summed E-state index contributed by atoms with van der Waals surface area (Å²) in [5.74, 6) is 0.737. The van der Waals surface area contributed by atoms with Crippen LogP contribution >= 0.6 is 0 Å². The molecule has 1 aliphatic heterocycles. The topological polar surface area (TPSA) is 49.8 Å². The third-order valence-electron chi connectivity index (χ3n) is 4.16. The molecule has 0 saturated heterocycles. The third-order valence-corrected chi connectivity index (χ3v) is 4.16. The Morgan fingerprint density at radius 3 is 2.74 bits per heavy atom. The number of amides is 1. The number of hydrogen-bond acceptors (Lipinski definition) is 3. The lowest BCUT2D eigenvalue weighted by molar-refractivity contribution is -0.126. The van der Waals surface area contributed by atoms with Gasteiger partial charge in [0.1, 0.15) is 11.5 Å². The van der Waals surface area contributed by atoms with Crippen molar-refractivity contribution in [3.8, 4) is 11.5 Å². The lowest BCUT2D eigenvalue weighted by Crippen LogP contribution is -2.47. The van der Waals surface area contributed by atoms with Crippen molar-refractivity contribution in [3.05, 3.63) is 53.6 Å². The highest BCUT2D eigenvalue weighted by Gasteiger charge is 2.34. The Morgan fingerprint density at radius 2 is 2.00 bits per heavy atom. The first-order chi connectivity index (χ1) is 11.1. The van der Waals surface area contributed by atoms with Crippen molar-refractivity contribution >= 4 is 11.6 Å². The second-order valence-electron chi connectivity index (χ2n) is 5.88. The number of phenolic OH excluding ortho intramolecular Hbond substituents is 1. The molecular formula is C19H21NO3. The van der Waals surface area contributed by atoms with Crippen molar-refractivity contribution < 1.29 is 14.6 Å². The van der Waals surface area contributed by atoms with Crippen LogP contribution < -0.4 is 9.64 Å². The van der Waals surface area contributed by atoms with Gasteiger partial charge in [-0.25, -0.2) is 0 Å². The number of fused-ring (bicyclic) bond motifs is 1. The number of rotatable bonds is 4. The van der Waals surface area contributed by atoms with Gasteiger partial charge in [-0.3, -0.25) is 4.79 Å².